The highest BCUT2D eigenvalue weighted by Gasteiger charge is 2.18. The molecule has 2 rings (SSSR count). The number of ether oxygens (including phenoxy) is 1. The minimum Gasteiger partial charge on any atom is -0.491 e. The fourth-order valence-electron chi connectivity index (χ4n) is 3.27. The van der Waals surface area contributed by atoms with Crippen LogP contribution in [0.3, 0.4) is 0 Å². The van der Waals surface area contributed by atoms with Crippen molar-refractivity contribution in [2.24, 2.45) is 5.92 Å². The van der Waals surface area contributed by atoms with Crippen LogP contribution in [0.4, 0.5) is 0 Å². The predicted octanol–water partition coefficient (Wildman–Crippen LogP) is 4.92. The largest absolute Gasteiger partial charge is 0.491 e. The molecular formula is C19H31NO. The molecule has 1 atom stereocenters. The van der Waals surface area contributed by atoms with Crippen LogP contribution in [0.2, 0.25) is 0 Å². The van der Waals surface area contributed by atoms with E-state index in [4.69, 9.17) is 4.74 Å². The molecule has 1 aromatic rings. The van der Waals surface area contributed by atoms with Gasteiger partial charge in [-0.3, -0.25) is 0 Å². The molecule has 0 bridgehead atoms. The van der Waals surface area contributed by atoms with Crippen molar-refractivity contribution >= 4 is 0 Å². The highest BCUT2D eigenvalue weighted by atomic mass is 16.5. The fourth-order valence-corrected chi connectivity index (χ4v) is 3.27. The maximum atomic E-state index is 5.90. The lowest BCUT2D eigenvalue weighted by molar-refractivity contribution is 0.238. The summed E-state index contributed by atoms with van der Waals surface area (Å²) in [6, 6.07) is 8.99. The average Bonchev–Trinajstić information content (AvgIpc) is 2.74. The SMILES string of the molecule is CC(C)Oc1ccccc1CN[C@@H](C)C1CCCCCC1. The van der Waals surface area contributed by atoms with Gasteiger partial charge in [-0.2, -0.15) is 0 Å². The van der Waals surface area contributed by atoms with Gasteiger partial charge in [0.1, 0.15) is 5.75 Å². The Kier molecular flexibility index (Phi) is 6.56. The van der Waals surface area contributed by atoms with Crippen LogP contribution in [0.1, 0.15) is 64.9 Å². The Balaban J connectivity index is 1.89. The number of hydrogen-bond donors (Lipinski definition) is 1. The normalized spacial score (nSPS) is 18.5. The van der Waals surface area contributed by atoms with E-state index in [0.29, 0.717) is 6.04 Å². The van der Waals surface area contributed by atoms with Gasteiger partial charge in [0.05, 0.1) is 6.10 Å². The minimum absolute atomic E-state index is 0.227. The summed E-state index contributed by atoms with van der Waals surface area (Å²) in [5.74, 6) is 1.86. The predicted molar refractivity (Wildman–Crippen MR) is 89.7 cm³/mol. The van der Waals surface area contributed by atoms with Crippen LogP contribution in [0.25, 0.3) is 0 Å². The first kappa shape index (κ1) is 16.4. The Morgan fingerprint density at radius 3 is 2.38 bits per heavy atom. The van der Waals surface area contributed by atoms with Crippen LogP contribution in [0, 0.1) is 5.92 Å². The second kappa shape index (κ2) is 8.43. The minimum atomic E-state index is 0.227. The maximum Gasteiger partial charge on any atom is 0.124 e. The number of hydrogen-bond acceptors (Lipinski definition) is 2. The average molecular weight is 289 g/mol. The van der Waals surface area contributed by atoms with Gasteiger partial charge in [-0.15, -0.1) is 0 Å². The lowest BCUT2D eigenvalue weighted by Gasteiger charge is -2.24. The van der Waals surface area contributed by atoms with Gasteiger partial charge < -0.3 is 10.1 Å². The summed E-state index contributed by atoms with van der Waals surface area (Å²) in [5, 5.41) is 3.73. The monoisotopic (exact) mass is 289 g/mol. The summed E-state index contributed by atoms with van der Waals surface area (Å²) in [4.78, 5) is 0. The first-order valence-electron chi connectivity index (χ1n) is 8.64. The molecule has 0 saturated heterocycles. The molecule has 0 radical (unpaired) electrons. The number of benzene rings is 1. The Labute approximate surface area is 130 Å². The van der Waals surface area contributed by atoms with Gasteiger partial charge in [0.2, 0.25) is 0 Å². The molecular weight excluding hydrogens is 258 g/mol. The van der Waals surface area contributed by atoms with Gasteiger partial charge in [0.15, 0.2) is 0 Å². The first-order chi connectivity index (χ1) is 10.2. The Morgan fingerprint density at radius 2 is 1.71 bits per heavy atom. The topological polar surface area (TPSA) is 21.3 Å². The third kappa shape index (κ3) is 5.35. The molecule has 118 valence electrons. The Morgan fingerprint density at radius 1 is 1.05 bits per heavy atom. The van der Waals surface area contributed by atoms with Gasteiger partial charge in [-0.1, -0.05) is 43.9 Å². The summed E-state index contributed by atoms with van der Waals surface area (Å²) in [6.07, 6.45) is 8.66. The first-order valence-corrected chi connectivity index (χ1v) is 8.64. The van der Waals surface area contributed by atoms with E-state index >= 15 is 0 Å². The molecule has 2 nitrogen and oxygen atoms in total. The van der Waals surface area contributed by atoms with Crippen LogP contribution in [-0.2, 0) is 6.54 Å². The fraction of sp³-hybridized carbons (Fsp3) is 0.684. The molecule has 0 aromatic heterocycles. The zero-order chi connectivity index (χ0) is 15.1. The molecule has 1 saturated carbocycles. The maximum absolute atomic E-state index is 5.90. The highest BCUT2D eigenvalue weighted by Crippen LogP contribution is 2.26. The van der Waals surface area contributed by atoms with Gasteiger partial charge in [-0.05, 0) is 45.6 Å². The van der Waals surface area contributed by atoms with Crippen LogP contribution < -0.4 is 10.1 Å². The van der Waals surface area contributed by atoms with Crippen LogP contribution in [-0.4, -0.2) is 12.1 Å². The van der Waals surface area contributed by atoms with E-state index in [2.05, 4.69) is 50.4 Å². The van der Waals surface area contributed by atoms with Crippen molar-refractivity contribution in [3.05, 3.63) is 29.8 Å². The number of para-hydroxylation sites is 1. The van der Waals surface area contributed by atoms with E-state index in [1.807, 2.05) is 0 Å². The third-order valence-corrected chi connectivity index (χ3v) is 4.56. The van der Waals surface area contributed by atoms with Gasteiger partial charge >= 0.3 is 0 Å². The smallest absolute Gasteiger partial charge is 0.124 e. The summed E-state index contributed by atoms with van der Waals surface area (Å²) in [6.45, 7) is 7.42. The zero-order valence-corrected chi connectivity index (χ0v) is 13.9. The van der Waals surface area contributed by atoms with Crippen molar-refractivity contribution in [1.29, 1.82) is 0 Å². The van der Waals surface area contributed by atoms with Crippen molar-refractivity contribution in [2.45, 2.75) is 78.0 Å². The molecule has 1 N–H and O–H groups in total. The Bertz CT molecular complexity index is 408. The molecule has 0 heterocycles. The van der Waals surface area contributed by atoms with Gasteiger partial charge in [-0.25, -0.2) is 0 Å². The molecule has 0 aliphatic heterocycles. The standard InChI is InChI=1S/C19H31NO/c1-15(2)21-19-13-9-8-12-18(19)14-20-16(3)17-10-6-4-5-7-11-17/h8-9,12-13,15-17,20H,4-7,10-11,14H2,1-3H3/t16-/m0/s1. The molecule has 1 aliphatic rings. The second-order valence-corrected chi connectivity index (χ2v) is 6.70. The van der Waals surface area contributed by atoms with E-state index in [0.717, 1.165) is 18.2 Å². The Hall–Kier alpha value is -1.02. The molecule has 1 aromatic carbocycles. The lowest BCUT2D eigenvalue weighted by Crippen LogP contribution is -2.33. The number of rotatable bonds is 6. The molecule has 0 amide bonds. The van der Waals surface area contributed by atoms with Gasteiger partial charge in [0.25, 0.3) is 0 Å². The number of nitrogens with one attached hydrogen (secondary N) is 1. The summed E-state index contributed by atoms with van der Waals surface area (Å²) in [5.41, 5.74) is 1.27. The molecule has 21 heavy (non-hydrogen) atoms. The van der Waals surface area contributed by atoms with Crippen molar-refractivity contribution in [3.63, 3.8) is 0 Å². The van der Waals surface area contributed by atoms with Crippen molar-refractivity contribution in [1.82, 2.24) is 5.32 Å². The van der Waals surface area contributed by atoms with E-state index < -0.39 is 0 Å². The van der Waals surface area contributed by atoms with E-state index in [1.54, 1.807) is 0 Å². The molecule has 1 fully saturated rings. The third-order valence-electron chi connectivity index (χ3n) is 4.56. The van der Waals surface area contributed by atoms with E-state index in [-0.39, 0.29) is 6.10 Å². The van der Waals surface area contributed by atoms with Crippen LogP contribution in [0.5, 0.6) is 5.75 Å². The van der Waals surface area contributed by atoms with Gasteiger partial charge in [0, 0.05) is 18.2 Å². The van der Waals surface area contributed by atoms with Crippen molar-refractivity contribution in [2.75, 3.05) is 0 Å². The lowest BCUT2D eigenvalue weighted by atomic mass is 9.93. The molecule has 0 spiro atoms. The molecule has 2 heteroatoms. The second-order valence-electron chi connectivity index (χ2n) is 6.70. The summed E-state index contributed by atoms with van der Waals surface area (Å²) in [7, 11) is 0. The summed E-state index contributed by atoms with van der Waals surface area (Å²) < 4.78 is 5.90. The summed E-state index contributed by atoms with van der Waals surface area (Å²) >= 11 is 0. The quantitative estimate of drug-likeness (QED) is 0.750. The molecule has 1 aliphatic carbocycles. The van der Waals surface area contributed by atoms with E-state index in [9.17, 15) is 0 Å². The highest BCUT2D eigenvalue weighted by molar-refractivity contribution is 5.33. The van der Waals surface area contributed by atoms with E-state index in [1.165, 1.54) is 44.1 Å². The zero-order valence-electron chi connectivity index (χ0n) is 13.9. The molecule has 0 unspecified atom stereocenters. The van der Waals surface area contributed by atoms with Crippen molar-refractivity contribution < 1.29 is 4.74 Å². The van der Waals surface area contributed by atoms with Crippen LogP contribution in [0.15, 0.2) is 24.3 Å². The van der Waals surface area contributed by atoms with Crippen molar-refractivity contribution in [3.8, 4) is 5.75 Å². The van der Waals surface area contributed by atoms with Crippen LogP contribution >= 0.6 is 0 Å².